The third-order valence-electron chi connectivity index (χ3n) is 5.34. The van der Waals surface area contributed by atoms with Crippen molar-refractivity contribution in [2.24, 2.45) is 0 Å². The van der Waals surface area contributed by atoms with Crippen LogP contribution in [0.1, 0.15) is 54.6 Å². The molecule has 26 heavy (non-hydrogen) atoms. The van der Waals surface area contributed by atoms with Crippen LogP contribution in [-0.2, 0) is 5.41 Å². The van der Waals surface area contributed by atoms with E-state index in [9.17, 15) is 4.79 Å². The van der Waals surface area contributed by atoms with Crippen LogP contribution < -0.4 is 9.47 Å². The molecule has 4 heteroatoms. The smallest absolute Gasteiger partial charge is 0.253 e. The Labute approximate surface area is 154 Å². The van der Waals surface area contributed by atoms with E-state index in [4.69, 9.17) is 9.47 Å². The van der Waals surface area contributed by atoms with E-state index >= 15 is 0 Å². The highest BCUT2D eigenvalue weighted by Gasteiger charge is 2.29. The maximum atomic E-state index is 12.9. The zero-order valence-corrected chi connectivity index (χ0v) is 15.6. The van der Waals surface area contributed by atoms with Gasteiger partial charge < -0.3 is 14.4 Å². The van der Waals surface area contributed by atoms with Gasteiger partial charge in [-0.3, -0.25) is 4.79 Å². The molecule has 2 aliphatic rings. The minimum absolute atomic E-state index is 0.0969. The van der Waals surface area contributed by atoms with E-state index in [1.807, 2.05) is 23.1 Å². The molecule has 1 amide bonds. The molecule has 0 saturated carbocycles. The molecule has 2 aromatic carbocycles. The van der Waals surface area contributed by atoms with Crippen molar-refractivity contribution in [3.8, 4) is 11.5 Å². The third kappa shape index (κ3) is 3.16. The van der Waals surface area contributed by atoms with E-state index < -0.39 is 0 Å². The molecule has 2 aromatic rings. The highest BCUT2D eigenvalue weighted by molar-refractivity contribution is 5.94. The minimum atomic E-state index is 0.0969. The predicted octanol–water partition coefficient (Wildman–Crippen LogP) is 4.34. The number of carbonyl (C=O) groups is 1. The molecule has 1 fully saturated rings. The first-order chi connectivity index (χ1) is 12.4. The number of likely N-dealkylation sites (tertiary alicyclic amines) is 1. The van der Waals surface area contributed by atoms with E-state index in [1.165, 1.54) is 11.1 Å². The summed E-state index contributed by atoms with van der Waals surface area (Å²) in [6, 6.07) is 14.2. The molecule has 2 aliphatic heterocycles. The van der Waals surface area contributed by atoms with Gasteiger partial charge in [0.05, 0.1) is 0 Å². The van der Waals surface area contributed by atoms with E-state index in [2.05, 4.69) is 45.0 Å². The summed E-state index contributed by atoms with van der Waals surface area (Å²) in [5.41, 5.74) is 3.32. The van der Waals surface area contributed by atoms with Crippen molar-refractivity contribution in [2.75, 3.05) is 19.9 Å². The highest BCUT2D eigenvalue weighted by atomic mass is 16.7. The normalized spacial score (nSPS) is 19.0. The average Bonchev–Trinajstić information content (AvgIpc) is 3.29. The van der Waals surface area contributed by atoms with Crippen molar-refractivity contribution in [2.45, 2.75) is 38.5 Å². The summed E-state index contributed by atoms with van der Waals surface area (Å²) in [6.45, 7) is 8.37. The number of fused-ring (bicyclic) bond motifs is 1. The second-order valence-corrected chi connectivity index (χ2v) is 8.18. The molecule has 1 saturated heterocycles. The third-order valence-corrected chi connectivity index (χ3v) is 5.34. The Morgan fingerprint density at radius 2 is 1.77 bits per heavy atom. The molecular weight excluding hydrogens is 326 g/mol. The van der Waals surface area contributed by atoms with Gasteiger partial charge in [-0.2, -0.15) is 0 Å². The highest BCUT2D eigenvalue weighted by Crippen LogP contribution is 2.37. The molecule has 0 aromatic heterocycles. The summed E-state index contributed by atoms with van der Waals surface area (Å²) in [6.07, 6.45) is 0.978. The van der Waals surface area contributed by atoms with Gasteiger partial charge >= 0.3 is 0 Å². The number of carbonyl (C=O) groups excluding carboxylic acids is 1. The van der Waals surface area contributed by atoms with E-state index in [0.29, 0.717) is 12.7 Å². The van der Waals surface area contributed by atoms with Crippen LogP contribution >= 0.6 is 0 Å². The number of nitrogens with zero attached hydrogens (tertiary/aromatic N) is 1. The zero-order chi connectivity index (χ0) is 18.3. The number of benzene rings is 2. The van der Waals surface area contributed by atoms with Crippen LogP contribution in [0.5, 0.6) is 11.5 Å². The zero-order valence-electron chi connectivity index (χ0n) is 15.6. The van der Waals surface area contributed by atoms with E-state index in [1.54, 1.807) is 0 Å². The first kappa shape index (κ1) is 17.0. The molecule has 2 heterocycles. The van der Waals surface area contributed by atoms with Gasteiger partial charge in [-0.25, -0.2) is 0 Å². The Morgan fingerprint density at radius 1 is 1.04 bits per heavy atom. The maximum Gasteiger partial charge on any atom is 0.253 e. The Balaban J connectivity index is 1.45. The fourth-order valence-corrected chi connectivity index (χ4v) is 3.68. The summed E-state index contributed by atoms with van der Waals surface area (Å²) in [5, 5.41) is 0. The lowest BCUT2D eigenvalue weighted by Gasteiger charge is -2.20. The lowest BCUT2D eigenvalue weighted by atomic mass is 9.86. The molecule has 0 aliphatic carbocycles. The van der Waals surface area contributed by atoms with E-state index in [-0.39, 0.29) is 11.3 Å². The quantitative estimate of drug-likeness (QED) is 0.808. The largest absolute Gasteiger partial charge is 0.454 e. The lowest BCUT2D eigenvalue weighted by molar-refractivity contribution is 0.0790. The van der Waals surface area contributed by atoms with Crippen molar-refractivity contribution < 1.29 is 14.3 Å². The fourth-order valence-electron chi connectivity index (χ4n) is 3.68. The number of ether oxygens (including phenoxy) is 2. The summed E-state index contributed by atoms with van der Waals surface area (Å²) >= 11 is 0. The Hall–Kier alpha value is -2.49. The lowest BCUT2D eigenvalue weighted by Crippen LogP contribution is -2.28. The molecular formula is C22H25NO3. The van der Waals surface area contributed by atoms with Gasteiger partial charge in [-0.1, -0.05) is 39.0 Å². The van der Waals surface area contributed by atoms with Crippen LogP contribution in [-0.4, -0.2) is 30.7 Å². The summed E-state index contributed by atoms with van der Waals surface area (Å²) in [4.78, 5) is 14.8. The fraction of sp³-hybridized carbons (Fsp3) is 0.409. The molecule has 4 nitrogen and oxygen atoms in total. The molecule has 4 rings (SSSR count). The van der Waals surface area contributed by atoms with Crippen LogP contribution in [0.3, 0.4) is 0 Å². The first-order valence-corrected chi connectivity index (χ1v) is 9.21. The van der Waals surface area contributed by atoms with E-state index in [0.717, 1.165) is 36.6 Å². The second-order valence-electron chi connectivity index (χ2n) is 8.18. The number of amides is 1. The molecule has 0 bridgehead atoms. The van der Waals surface area contributed by atoms with Crippen molar-refractivity contribution in [1.82, 2.24) is 4.90 Å². The molecule has 1 unspecified atom stereocenters. The summed E-state index contributed by atoms with van der Waals surface area (Å²) < 4.78 is 10.9. The summed E-state index contributed by atoms with van der Waals surface area (Å²) in [5.74, 6) is 2.08. The molecule has 0 spiro atoms. The van der Waals surface area contributed by atoms with Gasteiger partial charge in [0.15, 0.2) is 11.5 Å². The van der Waals surface area contributed by atoms with Crippen molar-refractivity contribution >= 4 is 5.91 Å². The molecule has 0 radical (unpaired) electrons. The van der Waals surface area contributed by atoms with Crippen LogP contribution in [0.2, 0.25) is 0 Å². The monoisotopic (exact) mass is 351 g/mol. The average molecular weight is 351 g/mol. The molecule has 1 atom stereocenters. The first-order valence-electron chi connectivity index (χ1n) is 9.21. The SMILES string of the molecule is CC(C)(C)c1ccc(C(=O)N2CCC(c3ccc4c(c3)OCO4)C2)cc1. The maximum absolute atomic E-state index is 12.9. The van der Waals surface area contributed by atoms with Gasteiger partial charge in [0, 0.05) is 24.6 Å². The van der Waals surface area contributed by atoms with Gasteiger partial charge in [-0.15, -0.1) is 0 Å². The Kier molecular flexibility index (Phi) is 4.14. The van der Waals surface area contributed by atoms with Gasteiger partial charge in [-0.05, 0) is 47.2 Å². The number of hydrogen-bond donors (Lipinski definition) is 0. The standard InChI is InChI=1S/C22H25NO3/c1-22(2,3)18-7-4-15(5-8-18)21(24)23-11-10-17(13-23)16-6-9-19-20(12-16)26-14-25-19/h4-9,12,17H,10-11,13-14H2,1-3H3. The van der Waals surface area contributed by atoms with Crippen molar-refractivity contribution in [3.05, 3.63) is 59.2 Å². The van der Waals surface area contributed by atoms with Crippen molar-refractivity contribution in [3.63, 3.8) is 0 Å². The Morgan fingerprint density at radius 3 is 2.50 bits per heavy atom. The summed E-state index contributed by atoms with van der Waals surface area (Å²) in [7, 11) is 0. The topological polar surface area (TPSA) is 38.8 Å². The van der Waals surface area contributed by atoms with Crippen molar-refractivity contribution in [1.29, 1.82) is 0 Å². The van der Waals surface area contributed by atoms with Gasteiger partial charge in [0.1, 0.15) is 0 Å². The molecule has 0 N–H and O–H groups in total. The van der Waals surface area contributed by atoms with Crippen LogP contribution in [0.25, 0.3) is 0 Å². The second kappa shape index (κ2) is 6.35. The van der Waals surface area contributed by atoms with Crippen LogP contribution in [0.15, 0.2) is 42.5 Å². The predicted molar refractivity (Wildman–Crippen MR) is 101 cm³/mol. The Bertz CT molecular complexity index is 820. The number of hydrogen-bond acceptors (Lipinski definition) is 3. The van der Waals surface area contributed by atoms with Crippen LogP contribution in [0.4, 0.5) is 0 Å². The number of rotatable bonds is 2. The molecule has 136 valence electrons. The minimum Gasteiger partial charge on any atom is -0.454 e. The van der Waals surface area contributed by atoms with Crippen LogP contribution in [0, 0.1) is 0 Å². The van der Waals surface area contributed by atoms with Gasteiger partial charge in [0.25, 0.3) is 5.91 Å². The van der Waals surface area contributed by atoms with Gasteiger partial charge in [0.2, 0.25) is 6.79 Å².